The SMILES string of the molecule is O=C(O)CC1CCC(N2CCN(c3cccc4[nH]ncc34)CC2)C1. The van der Waals surface area contributed by atoms with E-state index >= 15 is 0 Å². The number of nitrogens with zero attached hydrogens (tertiary/aromatic N) is 3. The van der Waals surface area contributed by atoms with Crippen LogP contribution in [0.2, 0.25) is 0 Å². The summed E-state index contributed by atoms with van der Waals surface area (Å²) in [5.74, 6) is -0.288. The number of rotatable bonds is 4. The van der Waals surface area contributed by atoms with Gasteiger partial charge in [-0.25, -0.2) is 0 Å². The Labute approximate surface area is 141 Å². The number of hydrogen-bond donors (Lipinski definition) is 2. The highest BCUT2D eigenvalue weighted by molar-refractivity contribution is 5.91. The molecule has 2 fully saturated rings. The molecule has 0 bridgehead atoms. The minimum Gasteiger partial charge on any atom is -0.481 e. The molecule has 2 aliphatic rings. The maximum absolute atomic E-state index is 10.9. The molecule has 1 aliphatic heterocycles. The van der Waals surface area contributed by atoms with Crippen molar-refractivity contribution in [1.82, 2.24) is 15.1 Å². The lowest BCUT2D eigenvalue weighted by Crippen LogP contribution is -2.49. The van der Waals surface area contributed by atoms with Crippen molar-refractivity contribution in [2.24, 2.45) is 5.92 Å². The number of piperazine rings is 1. The van der Waals surface area contributed by atoms with Crippen molar-refractivity contribution < 1.29 is 9.90 Å². The van der Waals surface area contributed by atoms with Gasteiger partial charge in [0.15, 0.2) is 0 Å². The molecule has 2 unspecified atom stereocenters. The van der Waals surface area contributed by atoms with E-state index in [1.807, 2.05) is 6.20 Å². The average molecular weight is 328 g/mol. The Morgan fingerprint density at radius 3 is 2.88 bits per heavy atom. The maximum Gasteiger partial charge on any atom is 0.303 e. The largest absolute Gasteiger partial charge is 0.481 e. The molecule has 1 aromatic carbocycles. The van der Waals surface area contributed by atoms with Gasteiger partial charge in [0.05, 0.1) is 11.7 Å². The highest BCUT2D eigenvalue weighted by Crippen LogP contribution is 2.33. The lowest BCUT2D eigenvalue weighted by molar-refractivity contribution is -0.138. The molecule has 2 heterocycles. The van der Waals surface area contributed by atoms with E-state index in [0.717, 1.165) is 51.0 Å². The van der Waals surface area contributed by atoms with Gasteiger partial charge in [0, 0.05) is 49.7 Å². The van der Waals surface area contributed by atoms with E-state index in [4.69, 9.17) is 5.11 Å². The summed E-state index contributed by atoms with van der Waals surface area (Å²) >= 11 is 0. The van der Waals surface area contributed by atoms with Crippen LogP contribution in [0.5, 0.6) is 0 Å². The molecule has 0 radical (unpaired) electrons. The van der Waals surface area contributed by atoms with E-state index in [1.54, 1.807) is 0 Å². The van der Waals surface area contributed by atoms with Crippen molar-refractivity contribution in [3.8, 4) is 0 Å². The van der Waals surface area contributed by atoms with Crippen LogP contribution in [0.4, 0.5) is 5.69 Å². The highest BCUT2D eigenvalue weighted by Gasteiger charge is 2.32. The first kappa shape index (κ1) is 15.4. The van der Waals surface area contributed by atoms with Crippen molar-refractivity contribution in [2.45, 2.75) is 31.7 Å². The van der Waals surface area contributed by atoms with Gasteiger partial charge in [-0.2, -0.15) is 5.10 Å². The molecule has 24 heavy (non-hydrogen) atoms. The van der Waals surface area contributed by atoms with Crippen LogP contribution in [-0.2, 0) is 4.79 Å². The number of nitrogens with one attached hydrogen (secondary N) is 1. The van der Waals surface area contributed by atoms with E-state index in [0.29, 0.717) is 18.4 Å². The number of benzene rings is 1. The molecule has 1 aromatic heterocycles. The van der Waals surface area contributed by atoms with E-state index in [2.05, 4.69) is 38.2 Å². The van der Waals surface area contributed by atoms with Crippen LogP contribution in [0.15, 0.2) is 24.4 Å². The van der Waals surface area contributed by atoms with Crippen LogP contribution < -0.4 is 4.90 Å². The number of aromatic amines is 1. The fraction of sp³-hybridized carbons (Fsp3) is 0.556. The Kier molecular flexibility index (Phi) is 4.14. The number of carboxylic acid groups (broad SMARTS) is 1. The van der Waals surface area contributed by atoms with Crippen molar-refractivity contribution in [3.63, 3.8) is 0 Å². The summed E-state index contributed by atoms with van der Waals surface area (Å²) in [5, 5.41) is 17.4. The summed E-state index contributed by atoms with van der Waals surface area (Å²) in [5.41, 5.74) is 2.35. The summed E-state index contributed by atoms with van der Waals surface area (Å²) in [7, 11) is 0. The van der Waals surface area contributed by atoms with Gasteiger partial charge < -0.3 is 10.0 Å². The number of anilines is 1. The second kappa shape index (κ2) is 6.43. The third-order valence-electron chi connectivity index (χ3n) is 5.61. The van der Waals surface area contributed by atoms with Gasteiger partial charge in [-0.1, -0.05) is 6.07 Å². The van der Waals surface area contributed by atoms with Gasteiger partial charge in [0.25, 0.3) is 0 Å². The molecule has 6 nitrogen and oxygen atoms in total. The summed E-state index contributed by atoms with van der Waals surface area (Å²) in [6.45, 7) is 4.15. The van der Waals surface area contributed by atoms with Crippen LogP contribution >= 0.6 is 0 Å². The van der Waals surface area contributed by atoms with Crippen LogP contribution in [0.1, 0.15) is 25.7 Å². The van der Waals surface area contributed by atoms with Gasteiger partial charge in [-0.05, 0) is 37.3 Å². The standard InChI is InChI=1S/C18H24N4O2/c23-18(24)11-13-4-5-14(10-13)21-6-8-22(9-7-21)17-3-1-2-16-15(17)12-19-20-16/h1-3,12-14H,4-11H2,(H,19,20)(H,23,24). The third-order valence-corrected chi connectivity index (χ3v) is 5.61. The molecule has 4 rings (SSSR count). The molecule has 0 spiro atoms. The zero-order chi connectivity index (χ0) is 16.5. The van der Waals surface area contributed by atoms with Gasteiger partial charge in [0.1, 0.15) is 0 Å². The number of aliphatic carboxylic acids is 1. The monoisotopic (exact) mass is 328 g/mol. The molecule has 2 atom stereocenters. The molecule has 1 aliphatic carbocycles. The van der Waals surface area contributed by atoms with Crippen molar-refractivity contribution in [1.29, 1.82) is 0 Å². The first-order chi connectivity index (χ1) is 11.7. The number of carboxylic acids is 1. The molecule has 1 saturated heterocycles. The molecule has 1 saturated carbocycles. The number of fused-ring (bicyclic) bond motifs is 1. The first-order valence-electron chi connectivity index (χ1n) is 8.83. The fourth-order valence-electron chi connectivity index (χ4n) is 4.37. The van der Waals surface area contributed by atoms with E-state index < -0.39 is 5.97 Å². The van der Waals surface area contributed by atoms with Gasteiger partial charge in [0.2, 0.25) is 0 Å². The van der Waals surface area contributed by atoms with Crippen molar-refractivity contribution >= 4 is 22.6 Å². The molecular weight excluding hydrogens is 304 g/mol. The van der Waals surface area contributed by atoms with Crippen LogP contribution in [-0.4, -0.2) is 58.4 Å². The van der Waals surface area contributed by atoms with Crippen LogP contribution in [0.3, 0.4) is 0 Å². The Bertz CT molecular complexity index is 721. The number of hydrogen-bond acceptors (Lipinski definition) is 4. The molecule has 128 valence electrons. The van der Waals surface area contributed by atoms with Crippen LogP contribution in [0, 0.1) is 5.92 Å². The average Bonchev–Trinajstić information content (AvgIpc) is 3.23. The number of H-pyrrole nitrogens is 1. The first-order valence-corrected chi connectivity index (χ1v) is 8.83. The Morgan fingerprint density at radius 2 is 2.08 bits per heavy atom. The van der Waals surface area contributed by atoms with Crippen molar-refractivity contribution in [2.75, 3.05) is 31.1 Å². The zero-order valence-corrected chi connectivity index (χ0v) is 13.8. The zero-order valence-electron chi connectivity index (χ0n) is 13.8. The number of carbonyl (C=O) groups is 1. The van der Waals surface area contributed by atoms with Gasteiger partial charge in [-0.3, -0.25) is 14.8 Å². The highest BCUT2D eigenvalue weighted by atomic mass is 16.4. The summed E-state index contributed by atoms with van der Waals surface area (Å²) in [6, 6.07) is 6.88. The molecule has 0 amide bonds. The molecule has 2 N–H and O–H groups in total. The topological polar surface area (TPSA) is 72.5 Å². The Morgan fingerprint density at radius 1 is 1.25 bits per heavy atom. The minimum atomic E-state index is -0.654. The molecular formula is C18H24N4O2. The number of aromatic nitrogens is 2. The normalized spacial score (nSPS) is 25.4. The summed E-state index contributed by atoms with van der Waals surface area (Å²) in [4.78, 5) is 15.9. The Balaban J connectivity index is 1.37. The lowest BCUT2D eigenvalue weighted by Gasteiger charge is -2.39. The van der Waals surface area contributed by atoms with Crippen LogP contribution in [0.25, 0.3) is 10.9 Å². The maximum atomic E-state index is 10.9. The van der Waals surface area contributed by atoms with E-state index in [1.165, 1.54) is 11.1 Å². The summed E-state index contributed by atoms with van der Waals surface area (Å²) < 4.78 is 0. The third kappa shape index (κ3) is 2.98. The van der Waals surface area contributed by atoms with Crippen molar-refractivity contribution in [3.05, 3.63) is 24.4 Å². The summed E-state index contributed by atoms with van der Waals surface area (Å²) in [6.07, 6.45) is 5.49. The molecule has 2 aromatic rings. The molecule has 6 heteroatoms. The second-order valence-corrected chi connectivity index (χ2v) is 7.06. The fourth-order valence-corrected chi connectivity index (χ4v) is 4.37. The minimum absolute atomic E-state index is 0.332. The Hall–Kier alpha value is -2.08. The van der Waals surface area contributed by atoms with E-state index in [-0.39, 0.29) is 0 Å². The predicted molar refractivity (Wildman–Crippen MR) is 93.3 cm³/mol. The van der Waals surface area contributed by atoms with Gasteiger partial charge >= 0.3 is 5.97 Å². The van der Waals surface area contributed by atoms with Gasteiger partial charge in [-0.15, -0.1) is 0 Å². The van der Waals surface area contributed by atoms with E-state index in [9.17, 15) is 4.79 Å². The second-order valence-electron chi connectivity index (χ2n) is 7.06. The predicted octanol–water partition coefficient (Wildman–Crippen LogP) is 2.33. The lowest BCUT2D eigenvalue weighted by atomic mass is 10.0. The smallest absolute Gasteiger partial charge is 0.303 e. The quantitative estimate of drug-likeness (QED) is 0.901.